The average molecular weight is 395 g/mol. The SMILES string of the molecule is CC(=O)O[C@@H]1[C@@H](OC(C)=O)[C@H](OC(C)=O)CO[C@H]1N1CCc2c(F)cccc21. The number of esters is 3. The second-order valence-electron chi connectivity index (χ2n) is 6.70. The highest BCUT2D eigenvalue weighted by atomic mass is 19.1. The number of rotatable bonds is 4. The van der Waals surface area contributed by atoms with Crippen LogP contribution in [-0.2, 0) is 39.8 Å². The Labute approximate surface area is 161 Å². The molecule has 0 radical (unpaired) electrons. The second kappa shape index (κ2) is 8.14. The van der Waals surface area contributed by atoms with E-state index < -0.39 is 42.4 Å². The Morgan fingerprint density at radius 2 is 1.68 bits per heavy atom. The summed E-state index contributed by atoms with van der Waals surface area (Å²) in [5.74, 6) is -2.14. The van der Waals surface area contributed by atoms with Crippen molar-refractivity contribution in [1.82, 2.24) is 0 Å². The first kappa shape index (κ1) is 20.1. The van der Waals surface area contributed by atoms with E-state index in [-0.39, 0.29) is 12.4 Å². The molecular formula is C19H22FNO7. The van der Waals surface area contributed by atoms with E-state index in [1.165, 1.54) is 26.8 Å². The summed E-state index contributed by atoms with van der Waals surface area (Å²) < 4.78 is 35.9. The lowest BCUT2D eigenvalue weighted by atomic mass is 10.0. The van der Waals surface area contributed by atoms with E-state index in [9.17, 15) is 18.8 Å². The van der Waals surface area contributed by atoms with Gasteiger partial charge >= 0.3 is 17.9 Å². The summed E-state index contributed by atoms with van der Waals surface area (Å²) in [6, 6.07) is 4.71. The smallest absolute Gasteiger partial charge is 0.303 e. The summed E-state index contributed by atoms with van der Waals surface area (Å²) in [5, 5.41) is 0. The van der Waals surface area contributed by atoms with Crippen LogP contribution < -0.4 is 4.90 Å². The lowest BCUT2D eigenvalue weighted by Gasteiger charge is -2.44. The van der Waals surface area contributed by atoms with Gasteiger partial charge < -0.3 is 23.8 Å². The molecule has 0 saturated carbocycles. The molecule has 0 aromatic heterocycles. The monoisotopic (exact) mass is 395 g/mol. The van der Waals surface area contributed by atoms with Crippen molar-refractivity contribution < 1.29 is 37.7 Å². The van der Waals surface area contributed by atoms with Gasteiger partial charge in [0.05, 0.1) is 6.61 Å². The van der Waals surface area contributed by atoms with Gasteiger partial charge in [0.1, 0.15) is 5.82 Å². The van der Waals surface area contributed by atoms with Gasteiger partial charge in [-0.1, -0.05) is 6.07 Å². The van der Waals surface area contributed by atoms with Crippen molar-refractivity contribution in [1.29, 1.82) is 0 Å². The highest BCUT2D eigenvalue weighted by Gasteiger charge is 2.50. The zero-order chi connectivity index (χ0) is 20.4. The Morgan fingerprint density at radius 3 is 2.32 bits per heavy atom. The molecule has 4 atom stereocenters. The normalized spacial score (nSPS) is 26.4. The van der Waals surface area contributed by atoms with Gasteiger partial charge in [-0.25, -0.2) is 4.39 Å². The van der Waals surface area contributed by atoms with E-state index >= 15 is 0 Å². The summed E-state index contributed by atoms with van der Waals surface area (Å²) in [5.41, 5.74) is 1.16. The Morgan fingerprint density at radius 1 is 1.04 bits per heavy atom. The lowest BCUT2D eigenvalue weighted by molar-refractivity contribution is -0.225. The highest BCUT2D eigenvalue weighted by Crippen LogP contribution is 2.36. The Bertz CT molecular complexity index is 784. The van der Waals surface area contributed by atoms with Crippen LogP contribution in [0.3, 0.4) is 0 Å². The maximum absolute atomic E-state index is 14.1. The number of ether oxygens (including phenoxy) is 4. The third kappa shape index (κ3) is 4.09. The Balaban J connectivity index is 1.95. The topological polar surface area (TPSA) is 91.4 Å². The van der Waals surface area contributed by atoms with Gasteiger partial charge in [-0.3, -0.25) is 14.4 Å². The number of nitrogens with zero attached hydrogens (tertiary/aromatic N) is 1. The molecule has 0 amide bonds. The van der Waals surface area contributed by atoms with Crippen molar-refractivity contribution in [3.8, 4) is 0 Å². The molecule has 0 bridgehead atoms. The van der Waals surface area contributed by atoms with Crippen LogP contribution in [0.25, 0.3) is 0 Å². The van der Waals surface area contributed by atoms with Crippen LogP contribution in [-0.4, -0.2) is 55.6 Å². The first-order valence-corrected chi connectivity index (χ1v) is 8.95. The van der Waals surface area contributed by atoms with Gasteiger partial charge in [0.2, 0.25) is 0 Å². The van der Waals surface area contributed by atoms with Crippen molar-refractivity contribution >= 4 is 23.6 Å². The molecule has 1 aromatic carbocycles. The third-order valence-electron chi connectivity index (χ3n) is 4.64. The first-order valence-electron chi connectivity index (χ1n) is 8.95. The molecule has 0 spiro atoms. The fourth-order valence-corrected chi connectivity index (χ4v) is 3.67. The summed E-state index contributed by atoms with van der Waals surface area (Å²) in [4.78, 5) is 36.6. The molecule has 8 nitrogen and oxygen atoms in total. The van der Waals surface area contributed by atoms with E-state index in [1.54, 1.807) is 17.0 Å². The van der Waals surface area contributed by atoms with E-state index in [1.807, 2.05) is 0 Å². The number of benzene rings is 1. The van der Waals surface area contributed by atoms with Crippen LogP contribution in [0.15, 0.2) is 18.2 Å². The van der Waals surface area contributed by atoms with Crippen molar-refractivity contribution in [3.05, 3.63) is 29.6 Å². The first-order chi connectivity index (χ1) is 13.3. The number of fused-ring (bicyclic) bond motifs is 1. The molecule has 0 N–H and O–H groups in total. The quantitative estimate of drug-likeness (QED) is 0.557. The average Bonchev–Trinajstić information content (AvgIpc) is 3.02. The molecule has 152 valence electrons. The number of hydrogen-bond acceptors (Lipinski definition) is 8. The van der Waals surface area contributed by atoms with Gasteiger partial charge in [0.15, 0.2) is 24.5 Å². The highest BCUT2D eigenvalue weighted by molar-refractivity contribution is 5.69. The van der Waals surface area contributed by atoms with E-state index in [0.717, 1.165) is 0 Å². The van der Waals surface area contributed by atoms with Crippen LogP contribution in [0.4, 0.5) is 10.1 Å². The summed E-state index contributed by atoms with van der Waals surface area (Å²) >= 11 is 0. The number of carbonyl (C=O) groups excluding carboxylic acids is 3. The maximum Gasteiger partial charge on any atom is 0.303 e. The fourth-order valence-electron chi connectivity index (χ4n) is 3.67. The molecule has 2 aliphatic heterocycles. The number of halogens is 1. The molecule has 28 heavy (non-hydrogen) atoms. The number of hydrogen-bond donors (Lipinski definition) is 0. The van der Waals surface area contributed by atoms with E-state index in [2.05, 4.69) is 0 Å². The lowest BCUT2D eigenvalue weighted by Crippen LogP contribution is -2.62. The molecule has 0 aliphatic carbocycles. The largest absolute Gasteiger partial charge is 0.456 e. The minimum Gasteiger partial charge on any atom is -0.456 e. The molecule has 2 heterocycles. The Kier molecular flexibility index (Phi) is 5.83. The van der Waals surface area contributed by atoms with Crippen LogP contribution >= 0.6 is 0 Å². The van der Waals surface area contributed by atoms with Crippen molar-refractivity contribution in [2.24, 2.45) is 0 Å². The molecule has 1 saturated heterocycles. The molecular weight excluding hydrogens is 373 g/mol. The fraction of sp³-hybridized carbons (Fsp3) is 0.526. The van der Waals surface area contributed by atoms with Crippen molar-refractivity contribution in [3.63, 3.8) is 0 Å². The van der Waals surface area contributed by atoms with Gasteiger partial charge in [0.25, 0.3) is 0 Å². The predicted molar refractivity (Wildman–Crippen MR) is 93.9 cm³/mol. The number of anilines is 1. The van der Waals surface area contributed by atoms with Gasteiger partial charge in [-0.15, -0.1) is 0 Å². The maximum atomic E-state index is 14.1. The molecule has 1 aromatic rings. The minimum atomic E-state index is -1.06. The zero-order valence-electron chi connectivity index (χ0n) is 15.8. The summed E-state index contributed by atoms with van der Waals surface area (Å²) in [7, 11) is 0. The molecule has 2 aliphatic rings. The molecule has 0 unspecified atom stereocenters. The standard InChI is InChI=1S/C19H22FNO7/c1-10(22)26-16-9-25-19(18(28-12(3)24)17(16)27-11(2)23)21-8-7-13-14(20)5-4-6-15(13)21/h4-6,16-19H,7-9H2,1-3H3/t16-,17+,18-,19-/m1/s1. The van der Waals surface area contributed by atoms with Crippen LogP contribution in [0.2, 0.25) is 0 Å². The predicted octanol–water partition coefficient (Wildman–Crippen LogP) is 1.34. The third-order valence-corrected chi connectivity index (χ3v) is 4.64. The van der Waals surface area contributed by atoms with E-state index in [0.29, 0.717) is 24.2 Å². The minimum absolute atomic E-state index is 0.0683. The summed E-state index contributed by atoms with van der Waals surface area (Å²) in [6.07, 6.45) is -3.42. The van der Waals surface area contributed by atoms with Crippen LogP contribution in [0, 0.1) is 5.82 Å². The van der Waals surface area contributed by atoms with Crippen molar-refractivity contribution in [2.75, 3.05) is 18.1 Å². The van der Waals surface area contributed by atoms with E-state index in [4.69, 9.17) is 18.9 Å². The second-order valence-corrected chi connectivity index (χ2v) is 6.70. The molecule has 9 heteroatoms. The Hall–Kier alpha value is -2.68. The van der Waals surface area contributed by atoms with Crippen molar-refractivity contribution in [2.45, 2.75) is 51.7 Å². The van der Waals surface area contributed by atoms with Crippen LogP contribution in [0.1, 0.15) is 26.3 Å². The van der Waals surface area contributed by atoms with Gasteiger partial charge in [-0.05, 0) is 18.6 Å². The molecule has 3 rings (SSSR count). The van der Waals surface area contributed by atoms with Gasteiger partial charge in [0, 0.05) is 38.6 Å². The van der Waals surface area contributed by atoms with Gasteiger partial charge in [-0.2, -0.15) is 0 Å². The zero-order valence-corrected chi connectivity index (χ0v) is 15.8. The van der Waals surface area contributed by atoms with Crippen LogP contribution in [0.5, 0.6) is 0 Å². The number of carbonyl (C=O) groups is 3. The summed E-state index contributed by atoms with van der Waals surface area (Å²) in [6.45, 7) is 4.01. The molecule has 1 fully saturated rings.